The van der Waals surface area contributed by atoms with E-state index in [0.29, 0.717) is 0 Å². The monoisotopic (exact) mass is 859 g/mol. The Labute approximate surface area is 386 Å². The van der Waals surface area contributed by atoms with Gasteiger partial charge in [-0.1, -0.05) is 158 Å². The first-order chi connectivity index (χ1) is 29.9. The number of rotatable bonds is 2. The lowest BCUT2D eigenvalue weighted by Gasteiger charge is -2.48. The molecule has 0 N–H and O–H groups in total. The third kappa shape index (κ3) is 5.76. The van der Waals surface area contributed by atoms with Gasteiger partial charge in [0.2, 0.25) is 0 Å². The zero-order chi connectivity index (χ0) is 45.4. The van der Waals surface area contributed by atoms with Crippen LogP contribution in [0, 0.1) is 0 Å². The van der Waals surface area contributed by atoms with Gasteiger partial charge >= 0.3 is 0 Å². The number of hydrogen-bond acceptors (Lipinski definition) is 4. The lowest BCUT2D eigenvalue weighted by atomic mass is 9.81. The van der Waals surface area contributed by atoms with Crippen LogP contribution in [0.1, 0.15) is 149 Å². The van der Waals surface area contributed by atoms with Crippen molar-refractivity contribution < 1.29 is 0 Å². The molecule has 4 heteroatoms. The summed E-state index contributed by atoms with van der Waals surface area (Å²) in [4.78, 5) is 8.02. The zero-order valence-corrected chi connectivity index (χ0v) is 41.7. The number of thiophene rings is 1. The van der Waals surface area contributed by atoms with Crippen molar-refractivity contribution in [1.29, 1.82) is 0 Å². The van der Waals surface area contributed by atoms with E-state index >= 15 is 0 Å². The normalized spacial score (nSPS) is 17.5. The summed E-state index contributed by atoms with van der Waals surface area (Å²) in [5.74, 6) is 0. The maximum Gasteiger partial charge on any atom is 0.126 e. The van der Waals surface area contributed by atoms with E-state index in [0.717, 1.165) is 6.42 Å². The Bertz CT molecular complexity index is 3100. The first-order valence-corrected chi connectivity index (χ1v) is 24.4. The summed E-state index contributed by atoms with van der Waals surface area (Å²) in [6, 6.07) is 43.2. The smallest absolute Gasteiger partial charge is 0.126 e. The van der Waals surface area contributed by atoms with Crippen LogP contribution in [0.2, 0.25) is 0 Å². The molecule has 0 amide bonds. The highest BCUT2D eigenvalue weighted by Crippen LogP contribution is 2.71. The number of hydrogen-bond donors (Lipinski definition) is 0. The molecule has 0 unspecified atom stereocenters. The third-order valence-electron chi connectivity index (χ3n) is 15.3. The zero-order valence-electron chi connectivity index (χ0n) is 40.8. The maximum atomic E-state index is 2.71. The van der Waals surface area contributed by atoms with Crippen molar-refractivity contribution in [2.75, 3.05) is 14.7 Å². The fraction of sp³-hybridized carbons (Fsp3) is 0.367. The summed E-state index contributed by atoms with van der Waals surface area (Å²) in [5, 5.41) is 2.59. The second-order valence-electron chi connectivity index (χ2n) is 24.3. The number of anilines is 9. The minimum Gasteiger partial charge on any atom is -0.306 e. The molecule has 11 rings (SSSR count). The first-order valence-electron chi connectivity index (χ1n) is 23.6. The number of benzene rings is 6. The Balaban J connectivity index is 1.30. The third-order valence-corrected chi connectivity index (χ3v) is 16.4. The van der Waals surface area contributed by atoms with E-state index in [1.807, 2.05) is 11.3 Å². The van der Waals surface area contributed by atoms with Crippen molar-refractivity contribution in [2.45, 2.75) is 143 Å². The molecule has 1 aromatic heterocycles. The van der Waals surface area contributed by atoms with Crippen LogP contribution in [0.4, 0.5) is 50.5 Å². The molecule has 3 nitrogen and oxygen atoms in total. The fourth-order valence-corrected chi connectivity index (χ4v) is 13.3. The van der Waals surface area contributed by atoms with Gasteiger partial charge in [-0.25, -0.2) is 0 Å². The van der Waals surface area contributed by atoms with Crippen LogP contribution in [-0.4, -0.2) is 0 Å². The SMILES string of the molecule is CC(C)(C)c1ccc(N2c3ccc(C(C)(C)C)cc3N3c4sc5cc6c(cc5c4N(c4ccc(C(C)(C)C)cc4)c4cc5c(c2c43)C(C)(C)CC5(C)C)-c2ccccc2C6(C)C)cc1. The van der Waals surface area contributed by atoms with Gasteiger partial charge in [0, 0.05) is 26.9 Å². The van der Waals surface area contributed by atoms with Gasteiger partial charge in [-0.2, -0.15) is 0 Å². The van der Waals surface area contributed by atoms with Crippen molar-refractivity contribution in [3.8, 4) is 11.1 Å². The number of fused-ring (bicyclic) bond motifs is 11. The van der Waals surface area contributed by atoms with Crippen LogP contribution in [0.25, 0.3) is 21.2 Å². The Hall–Kier alpha value is -5.32. The molecule has 64 heavy (non-hydrogen) atoms. The molecule has 6 aromatic carbocycles. The average molecular weight is 860 g/mol. The Kier molecular flexibility index (Phi) is 8.37. The molecule has 3 heterocycles. The van der Waals surface area contributed by atoms with Crippen LogP contribution >= 0.6 is 11.3 Å². The lowest BCUT2D eigenvalue weighted by Crippen LogP contribution is -2.32. The molecule has 0 spiro atoms. The van der Waals surface area contributed by atoms with Crippen molar-refractivity contribution in [1.82, 2.24) is 0 Å². The Morgan fingerprint density at radius 2 is 1.02 bits per heavy atom. The molecule has 0 atom stereocenters. The van der Waals surface area contributed by atoms with Crippen LogP contribution in [0.3, 0.4) is 0 Å². The van der Waals surface area contributed by atoms with Gasteiger partial charge < -0.3 is 9.80 Å². The van der Waals surface area contributed by atoms with E-state index in [4.69, 9.17) is 0 Å². The molecule has 2 aliphatic carbocycles. The molecule has 4 aliphatic rings. The molecule has 0 saturated heterocycles. The molecule has 326 valence electrons. The maximum absolute atomic E-state index is 2.71. The summed E-state index contributed by atoms with van der Waals surface area (Å²) in [6.07, 6.45) is 1.07. The van der Waals surface area contributed by atoms with Crippen LogP contribution < -0.4 is 14.7 Å². The molecular formula is C60H65N3S. The van der Waals surface area contributed by atoms with Gasteiger partial charge in [-0.15, -0.1) is 11.3 Å². The summed E-state index contributed by atoms with van der Waals surface area (Å²) in [6.45, 7) is 35.7. The fourth-order valence-electron chi connectivity index (χ4n) is 12.1. The van der Waals surface area contributed by atoms with Gasteiger partial charge in [0.25, 0.3) is 0 Å². The summed E-state index contributed by atoms with van der Waals surface area (Å²) in [5.41, 5.74) is 22.3. The van der Waals surface area contributed by atoms with Gasteiger partial charge in [-0.3, -0.25) is 4.90 Å². The predicted molar refractivity (Wildman–Crippen MR) is 277 cm³/mol. The summed E-state index contributed by atoms with van der Waals surface area (Å²) < 4.78 is 1.33. The minimum absolute atomic E-state index is 0.0395. The van der Waals surface area contributed by atoms with E-state index in [2.05, 4.69) is 228 Å². The molecule has 0 bridgehead atoms. The van der Waals surface area contributed by atoms with Gasteiger partial charge in [0.1, 0.15) is 5.00 Å². The quantitative estimate of drug-likeness (QED) is 0.171. The van der Waals surface area contributed by atoms with E-state index in [-0.39, 0.29) is 32.5 Å². The molecule has 0 radical (unpaired) electrons. The molecule has 0 saturated carbocycles. The summed E-state index contributed by atoms with van der Waals surface area (Å²) in [7, 11) is 0. The number of nitrogens with zero attached hydrogens (tertiary/aromatic N) is 3. The van der Waals surface area contributed by atoms with Crippen molar-refractivity contribution in [3.63, 3.8) is 0 Å². The highest BCUT2D eigenvalue weighted by molar-refractivity contribution is 7.24. The van der Waals surface area contributed by atoms with Crippen LogP contribution in [-0.2, 0) is 32.5 Å². The standard InChI is InChI=1S/C60H65N3S/c1-55(2,3)35-20-25-38(26-21-35)61-46-29-24-37(57(7,8)9)30-47(46)63-52-48(32-45-50(53(52)61)59(12,13)34-58(45,10)11)62(39-27-22-36(23-28-39)56(4,5)6)51-42-31-41-40-18-16-17-19-43(40)60(14,15)44(41)33-49(42)64-54(51)63/h16-33H,34H2,1-15H3. The van der Waals surface area contributed by atoms with Crippen LogP contribution in [0.15, 0.2) is 109 Å². The van der Waals surface area contributed by atoms with Crippen molar-refractivity contribution >= 4 is 71.9 Å². The predicted octanol–water partition coefficient (Wildman–Crippen LogP) is 18.1. The minimum atomic E-state index is -0.0937. The van der Waals surface area contributed by atoms with E-state index in [1.165, 1.54) is 111 Å². The topological polar surface area (TPSA) is 9.72 Å². The highest BCUT2D eigenvalue weighted by Gasteiger charge is 2.51. The van der Waals surface area contributed by atoms with Crippen molar-refractivity contribution in [2.24, 2.45) is 0 Å². The molecular weight excluding hydrogens is 795 g/mol. The molecule has 7 aromatic rings. The summed E-state index contributed by atoms with van der Waals surface area (Å²) >= 11 is 1.97. The second kappa shape index (κ2) is 12.9. The molecule has 0 fully saturated rings. The largest absolute Gasteiger partial charge is 0.306 e. The second-order valence-corrected chi connectivity index (χ2v) is 25.4. The van der Waals surface area contributed by atoms with E-state index in [1.54, 1.807) is 0 Å². The Morgan fingerprint density at radius 3 is 1.61 bits per heavy atom. The Morgan fingerprint density at radius 1 is 0.453 bits per heavy atom. The highest BCUT2D eigenvalue weighted by atomic mass is 32.1. The average Bonchev–Trinajstić information content (AvgIpc) is 3.76. The van der Waals surface area contributed by atoms with E-state index < -0.39 is 0 Å². The first kappa shape index (κ1) is 41.4. The molecule has 2 aliphatic heterocycles. The van der Waals surface area contributed by atoms with Gasteiger partial charge in [0.15, 0.2) is 0 Å². The van der Waals surface area contributed by atoms with Crippen molar-refractivity contribution in [3.05, 3.63) is 148 Å². The van der Waals surface area contributed by atoms with Gasteiger partial charge in [-0.05, 0) is 138 Å². The van der Waals surface area contributed by atoms with E-state index in [9.17, 15) is 0 Å². The van der Waals surface area contributed by atoms with Gasteiger partial charge in [0.05, 0.1) is 34.1 Å². The van der Waals surface area contributed by atoms with Crippen LogP contribution in [0.5, 0.6) is 0 Å². The lowest BCUT2D eigenvalue weighted by molar-refractivity contribution is 0.403.